The first kappa shape index (κ1) is 22.1. The summed E-state index contributed by atoms with van der Waals surface area (Å²) >= 11 is 0. The van der Waals surface area contributed by atoms with E-state index < -0.39 is 0 Å². The van der Waals surface area contributed by atoms with Gasteiger partial charge >= 0.3 is 0 Å². The SMILES string of the molecule is C=CC(=O)Nc1ccc(Oc2c(C)cc(C)cc2C)c(-c2cc(CC)c(=O)n(C)c2)c1. The number of nitrogens with zero attached hydrogens (tertiary/aromatic N) is 1. The van der Waals surface area contributed by atoms with Crippen LogP contribution in [-0.2, 0) is 18.3 Å². The maximum absolute atomic E-state index is 12.4. The highest BCUT2D eigenvalue weighted by Gasteiger charge is 2.15. The first-order valence-electron chi connectivity index (χ1n) is 10.3. The lowest BCUT2D eigenvalue weighted by Crippen LogP contribution is -2.20. The van der Waals surface area contributed by atoms with Gasteiger partial charge in [-0.2, -0.15) is 0 Å². The van der Waals surface area contributed by atoms with Crippen LogP contribution in [-0.4, -0.2) is 10.5 Å². The summed E-state index contributed by atoms with van der Waals surface area (Å²) in [4.78, 5) is 24.2. The van der Waals surface area contributed by atoms with E-state index in [9.17, 15) is 9.59 Å². The largest absolute Gasteiger partial charge is 0.456 e. The van der Waals surface area contributed by atoms with Crippen LogP contribution in [0.25, 0.3) is 11.1 Å². The minimum Gasteiger partial charge on any atom is -0.456 e. The lowest BCUT2D eigenvalue weighted by atomic mass is 10.0. The van der Waals surface area contributed by atoms with Gasteiger partial charge in [-0.05, 0) is 68.7 Å². The molecule has 1 aromatic heterocycles. The number of hydrogen-bond donors (Lipinski definition) is 1. The molecule has 3 rings (SSSR count). The minimum atomic E-state index is -0.292. The fourth-order valence-corrected chi connectivity index (χ4v) is 3.73. The molecule has 0 aliphatic rings. The molecule has 5 nitrogen and oxygen atoms in total. The van der Waals surface area contributed by atoms with Gasteiger partial charge in [0.05, 0.1) is 0 Å². The Labute approximate surface area is 183 Å². The highest BCUT2D eigenvalue weighted by molar-refractivity contribution is 5.99. The van der Waals surface area contributed by atoms with Gasteiger partial charge in [0.25, 0.3) is 5.56 Å². The third-order valence-corrected chi connectivity index (χ3v) is 5.20. The Balaban J connectivity index is 2.18. The highest BCUT2D eigenvalue weighted by Crippen LogP contribution is 2.38. The Hall–Kier alpha value is -3.60. The molecule has 1 heterocycles. The van der Waals surface area contributed by atoms with Crippen molar-refractivity contribution in [1.29, 1.82) is 0 Å². The maximum atomic E-state index is 12.4. The Morgan fingerprint density at radius 1 is 1.13 bits per heavy atom. The molecule has 3 aromatic rings. The highest BCUT2D eigenvalue weighted by atomic mass is 16.5. The van der Waals surface area contributed by atoms with E-state index in [-0.39, 0.29) is 11.5 Å². The molecule has 0 aliphatic heterocycles. The molecule has 31 heavy (non-hydrogen) atoms. The number of carbonyl (C=O) groups excluding carboxylic acids is 1. The Morgan fingerprint density at radius 3 is 2.42 bits per heavy atom. The van der Waals surface area contributed by atoms with Gasteiger partial charge in [0.1, 0.15) is 11.5 Å². The third-order valence-electron chi connectivity index (χ3n) is 5.20. The molecule has 0 unspecified atom stereocenters. The summed E-state index contributed by atoms with van der Waals surface area (Å²) in [5.74, 6) is 1.15. The zero-order chi connectivity index (χ0) is 22.7. The fourth-order valence-electron chi connectivity index (χ4n) is 3.73. The number of nitrogens with one attached hydrogen (secondary N) is 1. The van der Waals surface area contributed by atoms with Crippen LogP contribution in [0.1, 0.15) is 29.2 Å². The van der Waals surface area contributed by atoms with Crippen LogP contribution in [0.3, 0.4) is 0 Å². The van der Waals surface area contributed by atoms with Crippen molar-refractivity contribution in [2.75, 3.05) is 5.32 Å². The number of amides is 1. The molecule has 0 radical (unpaired) electrons. The second kappa shape index (κ2) is 9.04. The number of carbonyl (C=O) groups is 1. The molecule has 0 saturated carbocycles. The zero-order valence-corrected chi connectivity index (χ0v) is 18.7. The van der Waals surface area contributed by atoms with E-state index in [1.54, 1.807) is 23.9 Å². The van der Waals surface area contributed by atoms with E-state index >= 15 is 0 Å². The summed E-state index contributed by atoms with van der Waals surface area (Å²) in [6.07, 6.45) is 3.64. The molecule has 0 aliphatic carbocycles. The number of aryl methyl sites for hydroxylation is 5. The number of rotatable bonds is 6. The third kappa shape index (κ3) is 4.77. The molecule has 0 atom stereocenters. The molecule has 0 fully saturated rings. The molecule has 2 aromatic carbocycles. The summed E-state index contributed by atoms with van der Waals surface area (Å²) in [5, 5.41) is 2.80. The van der Waals surface area contributed by atoms with Crippen LogP contribution in [0.4, 0.5) is 5.69 Å². The summed E-state index contributed by atoms with van der Waals surface area (Å²) in [7, 11) is 1.74. The van der Waals surface area contributed by atoms with Crippen LogP contribution in [0.2, 0.25) is 0 Å². The second-order valence-corrected chi connectivity index (χ2v) is 7.76. The van der Waals surface area contributed by atoms with Gasteiger partial charge in [-0.15, -0.1) is 0 Å². The van der Waals surface area contributed by atoms with E-state index in [2.05, 4.69) is 31.0 Å². The Morgan fingerprint density at radius 2 is 1.81 bits per heavy atom. The molecule has 0 spiro atoms. The van der Waals surface area contributed by atoms with Gasteiger partial charge in [0.2, 0.25) is 5.91 Å². The van der Waals surface area contributed by atoms with E-state index in [0.717, 1.165) is 28.0 Å². The molecule has 1 N–H and O–H groups in total. The van der Waals surface area contributed by atoms with Crippen LogP contribution < -0.4 is 15.6 Å². The summed E-state index contributed by atoms with van der Waals surface area (Å²) in [6.45, 7) is 11.6. The molecule has 0 bridgehead atoms. The van der Waals surface area contributed by atoms with E-state index in [0.29, 0.717) is 23.4 Å². The standard InChI is InChI=1S/C26H28N2O3/c1-7-19-13-20(15-28(6)26(19)30)22-14-21(27-24(29)8-2)9-10-23(22)31-25-17(4)11-16(3)12-18(25)5/h8-15H,2,7H2,1,3-6H3,(H,27,29). The lowest BCUT2D eigenvalue weighted by Gasteiger charge is -2.18. The minimum absolute atomic E-state index is 0.0185. The average Bonchev–Trinajstić information content (AvgIpc) is 2.73. The predicted octanol–water partition coefficient (Wildman–Crippen LogP) is 5.46. The van der Waals surface area contributed by atoms with Crippen molar-refractivity contribution in [1.82, 2.24) is 4.57 Å². The van der Waals surface area contributed by atoms with E-state index in [1.807, 2.05) is 39.0 Å². The number of benzene rings is 2. The number of pyridine rings is 1. The number of ether oxygens (including phenoxy) is 1. The van der Waals surface area contributed by atoms with Crippen molar-refractivity contribution in [2.45, 2.75) is 34.1 Å². The molecular weight excluding hydrogens is 388 g/mol. The Bertz CT molecular complexity index is 1200. The number of aromatic nitrogens is 1. The van der Waals surface area contributed by atoms with Crippen molar-refractivity contribution in [3.05, 3.63) is 87.9 Å². The number of hydrogen-bond acceptors (Lipinski definition) is 3. The first-order valence-corrected chi connectivity index (χ1v) is 10.3. The van der Waals surface area contributed by atoms with E-state index in [1.165, 1.54) is 11.6 Å². The van der Waals surface area contributed by atoms with Gasteiger partial charge in [0, 0.05) is 35.6 Å². The summed E-state index contributed by atoms with van der Waals surface area (Å²) < 4.78 is 7.97. The smallest absolute Gasteiger partial charge is 0.253 e. The lowest BCUT2D eigenvalue weighted by molar-refractivity contribution is -0.111. The molecule has 160 valence electrons. The van der Waals surface area contributed by atoms with Gasteiger partial charge in [0.15, 0.2) is 0 Å². The van der Waals surface area contributed by atoms with Gasteiger partial charge in [-0.1, -0.05) is 31.2 Å². The monoisotopic (exact) mass is 416 g/mol. The van der Waals surface area contributed by atoms with Crippen molar-refractivity contribution in [3.8, 4) is 22.6 Å². The van der Waals surface area contributed by atoms with Crippen LogP contribution in [0.5, 0.6) is 11.5 Å². The van der Waals surface area contributed by atoms with Crippen LogP contribution in [0, 0.1) is 20.8 Å². The summed E-state index contributed by atoms with van der Waals surface area (Å²) in [5.41, 5.74) is 6.21. The second-order valence-electron chi connectivity index (χ2n) is 7.76. The molecule has 0 saturated heterocycles. The van der Waals surface area contributed by atoms with Gasteiger partial charge in [-0.3, -0.25) is 9.59 Å². The quantitative estimate of drug-likeness (QED) is 0.543. The zero-order valence-electron chi connectivity index (χ0n) is 18.7. The first-order chi connectivity index (χ1) is 14.7. The Kier molecular flexibility index (Phi) is 6.44. The van der Waals surface area contributed by atoms with Crippen LogP contribution in [0.15, 0.2) is 60.0 Å². The fraction of sp³-hybridized carbons (Fsp3) is 0.231. The molecule has 5 heteroatoms. The average molecular weight is 417 g/mol. The van der Waals surface area contributed by atoms with E-state index in [4.69, 9.17) is 4.74 Å². The van der Waals surface area contributed by atoms with Crippen molar-refractivity contribution in [3.63, 3.8) is 0 Å². The maximum Gasteiger partial charge on any atom is 0.253 e. The summed E-state index contributed by atoms with van der Waals surface area (Å²) in [6, 6.07) is 11.5. The topological polar surface area (TPSA) is 60.3 Å². The van der Waals surface area contributed by atoms with Gasteiger partial charge < -0.3 is 14.6 Å². The van der Waals surface area contributed by atoms with Crippen molar-refractivity contribution < 1.29 is 9.53 Å². The normalized spacial score (nSPS) is 10.6. The predicted molar refractivity (Wildman–Crippen MR) is 126 cm³/mol. The van der Waals surface area contributed by atoms with Gasteiger partial charge in [-0.25, -0.2) is 0 Å². The molecular formula is C26H28N2O3. The van der Waals surface area contributed by atoms with Crippen molar-refractivity contribution >= 4 is 11.6 Å². The number of anilines is 1. The van der Waals surface area contributed by atoms with Crippen LogP contribution >= 0.6 is 0 Å². The molecule has 1 amide bonds. The van der Waals surface area contributed by atoms with Crippen molar-refractivity contribution in [2.24, 2.45) is 7.05 Å².